The number of aryl methyl sites for hydroxylation is 2. The first kappa shape index (κ1) is 21.7. The molecule has 3 aromatic heterocycles. The Hall–Kier alpha value is -3.52. The molecular weight excluding hydrogens is 420 g/mol. The summed E-state index contributed by atoms with van der Waals surface area (Å²) in [6.07, 6.45) is 9.35. The van der Waals surface area contributed by atoms with Crippen LogP contribution < -0.4 is 5.01 Å². The van der Waals surface area contributed by atoms with Crippen LogP contribution in [0.25, 0.3) is 5.00 Å². The Morgan fingerprint density at radius 2 is 2.03 bits per heavy atom. The Kier molecular flexibility index (Phi) is 6.05. The molecule has 0 atom stereocenters. The van der Waals surface area contributed by atoms with Gasteiger partial charge in [-0.05, 0) is 68.7 Å². The molecule has 4 heterocycles. The van der Waals surface area contributed by atoms with Gasteiger partial charge in [0.2, 0.25) is 0 Å². The second kappa shape index (κ2) is 8.92. The molecule has 0 bridgehead atoms. The van der Waals surface area contributed by atoms with Gasteiger partial charge in [0, 0.05) is 22.8 Å². The number of fused-ring (bicyclic) bond motifs is 3. The summed E-state index contributed by atoms with van der Waals surface area (Å²) in [6, 6.07) is 3.95. The molecule has 0 saturated carbocycles. The number of ether oxygens (including phenoxy) is 1. The summed E-state index contributed by atoms with van der Waals surface area (Å²) < 4.78 is 7.45. The third-order valence-corrected chi connectivity index (χ3v) is 6.59. The molecule has 1 aliphatic rings. The molecule has 1 aliphatic heterocycles. The van der Waals surface area contributed by atoms with E-state index in [1.807, 2.05) is 55.4 Å². The lowest BCUT2D eigenvalue weighted by Crippen LogP contribution is -2.20. The van der Waals surface area contributed by atoms with Gasteiger partial charge in [-0.1, -0.05) is 12.6 Å². The van der Waals surface area contributed by atoms with Gasteiger partial charge in [0.15, 0.2) is 0 Å². The first-order chi connectivity index (χ1) is 15.4. The van der Waals surface area contributed by atoms with E-state index in [1.165, 1.54) is 10.4 Å². The van der Waals surface area contributed by atoms with Crippen LogP contribution in [0.3, 0.4) is 0 Å². The topological polar surface area (TPSA) is 68.4 Å². The monoisotopic (exact) mass is 446 g/mol. The van der Waals surface area contributed by atoms with Crippen LogP contribution in [-0.4, -0.2) is 32.6 Å². The standard InChI is InChI=1S/C24H26N6OS/c1-7-20(31-6)11-10-15(2)22-21-16(3)17(4)32-23(21)30-18(5)26-27-24(30)29(28-22)14-19-9-8-12-25-13-19/h7-13H,2,14H2,1,3-6H3/b11-10-,20-7+. The minimum atomic E-state index is 0.512. The van der Waals surface area contributed by atoms with Crippen molar-refractivity contribution in [2.45, 2.75) is 34.2 Å². The van der Waals surface area contributed by atoms with Crippen LogP contribution in [-0.2, 0) is 11.3 Å². The number of anilines is 1. The third kappa shape index (κ3) is 3.89. The molecule has 0 fully saturated rings. The van der Waals surface area contributed by atoms with Crippen molar-refractivity contribution < 1.29 is 4.74 Å². The van der Waals surface area contributed by atoms with Gasteiger partial charge in [-0.25, -0.2) is 5.01 Å². The largest absolute Gasteiger partial charge is 0.497 e. The molecule has 0 spiro atoms. The van der Waals surface area contributed by atoms with Crippen molar-refractivity contribution in [2.24, 2.45) is 5.10 Å². The van der Waals surface area contributed by atoms with Gasteiger partial charge in [-0.15, -0.1) is 21.5 Å². The van der Waals surface area contributed by atoms with Gasteiger partial charge < -0.3 is 4.74 Å². The van der Waals surface area contributed by atoms with Gasteiger partial charge in [-0.3, -0.25) is 9.55 Å². The fourth-order valence-electron chi connectivity index (χ4n) is 3.56. The maximum Gasteiger partial charge on any atom is 0.253 e. The minimum Gasteiger partial charge on any atom is -0.497 e. The number of nitrogens with zero attached hydrogens (tertiary/aromatic N) is 6. The van der Waals surface area contributed by atoms with Crippen LogP contribution in [0.5, 0.6) is 0 Å². The summed E-state index contributed by atoms with van der Waals surface area (Å²) in [4.78, 5) is 5.47. The Morgan fingerprint density at radius 3 is 2.72 bits per heavy atom. The highest BCUT2D eigenvalue weighted by molar-refractivity contribution is 7.15. The molecule has 0 unspecified atom stereocenters. The molecule has 8 heteroatoms. The zero-order valence-corrected chi connectivity index (χ0v) is 19.8. The first-order valence-corrected chi connectivity index (χ1v) is 11.1. The van der Waals surface area contributed by atoms with Crippen molar-refractivity contribution in [3.63, 3.8) is 0 Å². The number of aromatic nitrogens is 4. The Labute approximate surface area is 192 Å². The van der Waals surface area contributed by atoms with E-state index in [2.05, 4.69) is 40.2 Å². The number of rotatable bonds is 6. The zero-order chi connectivity index (χ0) is 22.8. The summed E-state index contributed by atoms with van der Waals surface area (Å²) in [5.74, 6) is 2.25. The van der Waals surface area contributed by atoms with E-state index >= 15 is 0 Å². The van der Waals surface area contributed by atoms with Crippen LogP contribution in [0.4, 0.5) is 5.95 Å². The number of methoxy groups -OCH3 is 1. The smallest absolute Gasteiger partial charge is 0.253 e. The zero-order valence-electron chi connectivity index (χ0n) is 19.0. The summed E-state index contributed by atoms with van der Waals surface area (Å²) >= 11 is 1.72. The second-order valence-electron chi connectivity index (χ2n) is 7.47. The molecule has 32 heavy (non-hydrogen) atoms. The fraction of sp³-hybridized carbons (Fsp3) is 0.250. The molecule has 0 aliphatic carbocycles. The van der Waals surface area contributed by atoms with Crippen molar-refractivity contribution >= 4 is 23.0 Å². The molecule has 0 amide bonds. The van der Waals surface area contributed by atoms with Crippen LogP contribution >= 0.6 is 11.3 Å². The van der Waals surface area contributed by atoms with Gasteiger partial charge in [0.25, 0.3) is 5.95 Å². The van der Waals surface area contributed by atoms with E-state index in [9.17, 15) is 0 Å². The van der Waals surface area contributed by atoms with Gasteiger partial charge in [0.1, 0.15) is 22.3 Å². The summed E-state index contributed by atoms with van der Waals surface area (Å²) in [5, 5.41) is 16.8. The van der Waals surface area contributed by atoms with E-state index in [0.29, 0.717) is 12.5 Å². The number of allylic oxidation sites excluding steroid dienone is 4. The highest BCUT2D eigenvalue weighted by Gasteiger charge is 2.30. The van der Waals surface area contributed by atoms with E-state index < -0.39 is 0 Å². The molecule has 4 rings (SSSR count). The van der Waals surface area contributed by atoms with E-state index in [0.717, 1.165) is 39.0 Å². The van der Waals surface area contributed by atoms with Gasteiger partial charge in [0.05, 0.1) is 13.7 Å². The predicted molar refractivity (Wildman–Crippen MR) is 129 cm³/mol. The molecule has 0 radical (unpaired) electrons. The average molecular weight is 447 g/mol. The molecule has 0 saturated heterocycles. The lowest BCUT2D eigenvalue weighted by Gasteiger charge is -2.18. The normalized spacial score (nSPS) is 13.6. The quantitative estimate of drug-likeness (QED) is 0.392. The molecule has 164 valence electrons. The van der Waals surface area contributed by atoms with Crippen molar-refractivity contribution in [1.82, 2.24) is 19.7 Å². The van der Waals surface area contributed by atoms with Gasteiger partial charge >= 0.3 is 0 Å². The average Bonchev–Trinajstić information content (AvgIpc) is 3.27. The number of hydrogen-bond donors (Lipinski definition) is 0. The highest BCUT2D eigenvalue weighted by Crippen LogP contribution is 2.38. The number of thiophene rings is 1. The van der Waals surface area contributed by atoms with Crippen LogP contribution in [0.1, 0.15) is 34.3 Å². The number of hydrogen-bond acceptors (Lipinski definition) is 7. The van der Waals surface area contributed by atoms with Gasteiger partial charge in [-0.2, -0.15) is 5.10 Å². The summed E-state index contributed by atoms with van der Waals surface area (Å²) in [7, 11) is 1.65. The maximum absolute atomic E-state index is 5.37. The number of hydrazone groups is 1. The predicted octanol–water partition coefficient (Wildman–Crippen LogP) is 5.04. The lowest BCUT2D eigenvalue weighted by molar-refractivity contribution is 0.306. The molecule has 3 aromatic rings. The Morgan fingerprint density at radius 1 is 1.22 bits per heavy atom. The fourth-order valence-corrected chi connectivity index (χ4v) is 4.76. The summed E-state index contributed by atoms with van der Waals surface area (Å²) in [6.45, 7) is 13.0. The second-order valence-corrected chi connectivity index (χ2v) is 8.67. The molecule has 0 aromatic carbocycles. The SMILES string of the molecule is C=C(/C=C\C(=C/C)OC)C1=NN(Cc2cccnc2)c2nnc(C)n2-c2sc(C)c(C)c21. The maximum atomic E-state index is 5.37. The minimum absolute atomic E-state index is 0.512. The Bertz CT molecular complexity index is 1250. The summed E-state index contributed by atoms with van der Waals surface area (Å²) in [5.41, 5.74) is 4.85. The van der Waals surface area contributed by atoms with Crippen molar-refractivity contribution in [3.05, 3.63) is 88.1 Å². The van der Waals surface area contributed by atoms with Crippen LogP contribution in [0, 0.1) is 20.8 Å². The molecule has 7 nitrogen and oxygen atoms in total. The lowest BCUT2D eigenvalue weighted by atomic mass is 10.0. The van der Waals surface area contributed by atoms with E-state index in [-0.39, 0.29) is 0 Å². The third-order valence-electron chi connectivity index (χ3n) is 5.39. The highest BCUT2D eigenvalue weighted by atomic mass is 32.1. The Balaban J connectivity index is 1.89. The van der Waals surface area contributed by atoms with Crippen LogP contribution in [0.2, 0.25) is 0 Å². The van der Waals surface area contributed by atoms with Crippen LogP contribution in [0.15, 0.2) is 65.8 Å². The van der Waals surface area contributed by atoms with Crippen molar-refractivity contribution in [2.75, 3.05) is 12.1 Å². The first-order valence-electron chi connectivity index (χ1n) is 10.3. The molecular formula is C24H26N6OS. The number of pyridine rings is 1. The van der Waals surface area contributed by atoms with Crippen molar-refractivity contribution in [3.8, 4) is 5.00 Å². The van der Waals surface area contributed by atoms with E-state index in [4.69, 9.17) is 9.84 Å². The van der Waals surface area contributed by atoms with E-state index in [1.54, 1.807) is 24.6 Å². The molecule has 0 N–H and O–H groups in total. The van der Waals surface area contributed by atoms with Crippen molar-refractivity contribution in [1.29, 1.82) is 0 Å².